The Kier molecular flexibility index (Phi) is 6.67. The first kappa shape index (κ1) is 23.2. The van der Waals surface area contributed by atoms with Gasteiger partial charge in [0.15, 0.2) is 6.61 Å². The van der Waals surface area contributed by atoms with Crippen molar-refractivity contribution in [3.05, 3.63) is 69.2 Å². The van der Waals surface area contributed by atoms with Gasteiger partial charge in [-0.1, -0.05) is 23.8 Å². The summed E-state index contributed by atoms with van der Waals surface area (Å²) in [5.74, 6) is -2.29. The van der Waals surface area contributed by atoms with Crippen molar-refractivity contribution in [3.8, 4) is 0 Å². The summed E-state index contributed by atoms with van der Waals surface area (Å²) in [6.45, 7) is 1.33. The van der Waals surface area contributed by atoms with Gasteiger partial charge in [0, 0.05) is 10.2 Å². The summed E-state index contributed by atoms with van der Waals surface area (Å²) in [5, 5.41) is 3.10. The molecule has 1 fully saturated rings. The SMILES string of the molecule is Cc1cc(Br)c(Cl)cc1NC(=O)COC(=O)c1ccc(N2C(=O)[C@H]3CC=CC[C@H]3C2=O)cc1. The molecule has 0 spiro atoms. The first-order valence-corrected chi connectivity index (χ1v) is 11.5. The zero-order valence-corrected chi connectivity index (χ0v) is 20.0. The van der Waals surface area contributed by atoms with E-state index in [-0.39, 0.29) is 29.2 Å². The smallest absolute Gasteiger partial charge is 0.338 e. The highest BCUT2D eigenvalue weighted by Gasteiger charge is 2.47. The molecule has 4 rings (SSSR count). The van der Waals surface area contributed by atoms with Gasteiger partial charge in [-0.3, -0.25) is 19.3 Å². The number of carbonyl (C=O) groups is 4. The third kappa shape index (κ3) is 4.72. The summed E-state index contributed by atoms with van der Waals surface area (Å²) in [4.78, 5) is 51.1. The molecule has 2 aromatic carbocycles. The number of anilines is 2. The number of carbonyl (C=O) groups excluding carboxylic acids is 4. The maximum Gasteiger partial charge on any atom is 0.338 e. The van der Waals surface area contributed by atoms with Crippen molar-refractivity contribution in [2.75, 3.05) is 16.8 Å². The minimum Gasteiger partial charge on any atom is -0.452 e. The Bertz CT molecular complexity index is 1150. The number of halogens is 2. The largest absolute Gasteiger partial charge is 0.452 e. The molecule has 0 saturated carbocycles. The van der Waals surface area contributed by atoms with Crippen molar-refractivity contribution < 1.29 is 23.9 Å². The number of fused-ring (bicyclic) bond motifs is 1. The number of allylic oxidation sites excluding steroid dienone is 2. The van der Waals surface area contributed by atoms with Gasteiger partial charge in [-0.25, -0.2) is 4.79 Å². The lowest BCUT2D eigenvalue weighted by Crippen LogP contribution is -2.30. The van der Waals surface area contributed by atoms with Crippen molar-refractivity contribution in [2.24, 2.45) is 11.8 Å². The molecule has 9 heteroatoms. The number of imide groups is 1. The molecule has 1 N–H and O–H groups in total. The maximum absolute atomic E-state index is 12.7. The number of benzene rings is 2. The van der Waals surface area contributed by atoms with Crippen LogP contribution in [0.1, 0.15) is 28.8 Å². The van der Waals surface area contributed by atoms with E-state index < -0.39 is 18.5 Å². The number of rotatable bonds is 5. The second kappa shape index (κ2) is 9.49. The molecule has 0 aromatic heterocycles. The van der Waals surface area contributed by atoms with Crippen LogP contribution in [-0.4, -0.2) is 30.3 Å². The van der Waals surface area contributed by atoms with E-state index in [4.69, 9.17) is 16.3 Å². The molecule has 2 atom stereocenters. The normalized spacial score (nSPS) is 19.4. The topological polar surface area (TPSA) is 92.8 Å². The molecule has 2 aliphatic rings. The van der Waals surface area contributed by atoms with Crippen molar-refractivity contribution in [2.45, 2.75) is 19.8 Å². The predicted molar refractivity (Wildman–Crippen MR) is 127 cm³/mol. The minimum atomic E-state index is -0.695. The molecule has 1 saturated heterocycles. The lowest BCUT2D eigenvalue weighted by Gasteiger charge is -2.15. The summed E-state index contributed by atoms with van der Waals surface area (Å²) in [7, 11) is 0. The molecule has 170 valence electrons. The zero-order chi connectivity index (χ0) is 23.7. The summed E-state index contributed by atoms with van der Waals surface area (Å²) in [6.07, 6.45) is 4.98. The van der Waals surface area contributed by atoms with Gasteiger partial charge < -0.3 is 10.1 Å². The van der Waals surface area contributed by atoms with Crippen molar-refractivity contribution in [1.82, 2.24) is 0 Å². The van der Waals surface area contributed by atoms with Gasteiger partial charge in [0.25, 0.3) is 5.91 Å². The summed E-state index contributed by atoms with van der Waals surface area (Å²) >= 11 is 9.37. The number of amides is 3. The Hall–Kier alpha value is -2.97. The highest BCUT2D eigenvalue weighted by atomic mass is 79.9. The van der Waals surface area contributed by atoms with Crippen LogP contribution in [-0.2, 0) is 19.1 Å². The van der Waals surface area contributed by atoms with Gasteiger partial charge in [-0.2, -0.15) is 0 Å². The second-order valence-electron chi connectivity index (χ2n) is 7.92. The number of hydrogen-bond acceptors (Lipinski definition) is 5. The molecule has 0 radical (unpaired) electrons. The molecule has 1 aliphatic heterocycles. The fraction of sp³-hybridized carbons (Fsp3) is 0.250. The van der Waals surface area contributed by atoms with Gasteiger partial charge in [0.2, 0.25) is 11.8 Å². The van der Waals surface area contributed by atoms with E-state index in [0.717, 1.165) is 5.56 Å². The monoisotopic (exact) mass is 530 g/mol. The second-order valence-corrected chi connectivity index (χ2v) is 9.18. The van der Waals surface area contributed by atoms with E-state index in [1.54, 1.807) is 12.1 Å². The highest BCUT2D eigenvalue weighted by Crippen LogP contribution is 2.37. The Balaban J connectivity index is 1.36. The molecule has 33 heavy (non-hydrogen) atoms. The summed E-state index contributed by atoms with van der Waals surface area (Å²) in [6, 6.07) is 9.37. The quantitative estimate of drug-likeness (QED) is 0.344. The van der Waals surface area contributed by atoms with Crippen LogP contribution in [0, 0.1) is 18.8 Å². The number of nitrogens with one attached hydrogen (secondary N) is 1. The van der Waals surface area contributed by atoms with Crippen molar-refractivity contribution >= 4 is 62.6 Å². The van der Waals surface area contributed by atoms with Crippen LogP contribution in [0.4, 0.5) is 11.4 Å². The Morgan fingerprint density at radius 2 is 1.70 bits per heavy atom. The van der Waals surface area contributed by atoms with Crippen molar-refractivity contribution in [1.29, 1.82) is 0 Å². The minimum absolute atomic E-state index is 0.201. The molecular weight excluding hydrogens is 512 g/mol. The lowest BCUT2D eigenvalue weighted by atomic mass is 9.85. The number of esters is 1. The summed E-state index contributed by atoms with van der Waals surface area (Å²) in [5.41, 5.74) is 1.93. The predicted octanol–water partition coefficient (Wildman–Crippen LogP) is 4.66. The van der Waals surface area contributed by atoms with E-state index in [0.29, 0.717) is 33.7 Å². The van der Waals surface area contributed by atoms with Gasteiger partial charge in [0.1, 0.15) is 0 Å². The third-order valence-corrected chi connectivity index (χ3v) is 6.94. The Morgan fingerprint density at radius 1 is 1.09 bits per heavy atom. The first-order valence-electron chi connectivity index (χ1n) is 10.3. The van der Waals surface area contributed by atoms with Crippen LogP contribution >= 0.6 is 27.5 Å². The fourth-order valence-electron chi connectivity index (χ4n) is 3.98. The Labute approximate surface area is 203 Å². The summed E-state index contributed by atoms with van der Waals surface area (Å²) < 4.78 is 5.80. The van der Waals surface area contributed by atoms with E-state index in [1.807, 2.05) is 19.1 Å². The van der Waals surface area contributed by atoms with Crippen LogP contribution in [0.15, 0.2) is 53.0 Å². The average molecular weight is 532 g/mol. The van der Waals surface area contributed by atoms with Gasteiger partial charge in [-0.15, -0.1) is 0 Å². The van der Waals surface area contributed by atoms with Crippen LogP contribution in [0.5, 0.6) is 0 Å². The average Bonchev–Trinajstić information content (AvgIpc) is 3.06. The number of ether oxygens (including phenoxy) is 1. The van der Waals surface area contributed by atoms with Crippen LogP contribution in [0.25, 0.3) is 0 Å². The van der Waals surface area contributed by atoms with Gasteiger partial charge in [0.05, 0.1) is 28.1 Å². The fourth-order valence-corrected chi connectivity index (χ4v) is 4.60. The molecular formula is C24H20BrClN2O5. The Morgan fingerprint density at radius 3 is 2.30 bits per heavy atom. The van der Waals surface area contributed by atoms with E-state index in [9.17, 15) is 19.2 Å². The highest BCUT2D eigenvalue weighted by molar-refractivity contribution is 9.10. The van der Waals surface area contributed by atoms with Crippen molar-refractivity contribution in [3.63, 3.8) is 0 Å². The molecule has 3 amide bonds. The standard InChI is InChI=1S/C24H20BrClN2O5/c1-13-10-18(25)19(26)11-20(13)27-21(29)12-33-24(32)14-6-8-15(9-7-14)28-22(30)16-4-2-3-5-17(16)23(28)31/h2-3,6-11,16-17H,4-5,12H2,1H3,(H,27,29)/t16-,17+. The molecule has 0 unspecified atom stereocenters. The van der Waals surface area contributed by atoms with Gasteiger partial charge in [-0.05, 0) is 77.7 Å². The van der Waals surface area contributed by atoms with Gasteiger partial charge >= 0.3 is 5.97 Å². The van der Waals surface area contributed by atoms with E-state index in [2.05, 4.69) is 21.2 Å². The maximum atomic E-state index is 12.7. The van der Waals surface area contributed by atoms with Crippen LogP contribution in [0.3, 0.4) is 0 Å². The zero-order valence-electron chi connectivity index (χ0n) is 17.6. The molecule has 7 nitrogen and oxygen atoms in total. The molecule has 2 aromatic rings. The van der Waals surface area contributed by atoms with Crippen LogP contribution < -0.4 is 10.2 Å². The van der Waals surface area contributed by atoms with Crippen LogP contribution in [0.2, 0.25) is 5.02 Å². The van der Waals surface area contributed by atoms with E-state index in [1.165, 1.54) is 29.2 Å². The number of hydrogen-bond donors (Lipinski definition) is 1. The molecule has 0 bridgehead atoms. The first-order chi connectivity index (χ1) is 15.8. The number of nitrogens with zero attached hydrogens (tertiary/aromatic N) is 1. The molecule has 1 aliphatic carbocycles. The number of aryl methyl sites for hydroxylation is 1. The van der Waals surface area contributed by atoms with E-state index >= 15 is 0 Å². The lowest BCUT2D eigenvalue weighted by molar-refractivity contribution is -0.122. The molecule has 1 heterocycles. The third-order valence-electron chi connectivity index (χ3n) is 5.74.